The van der Waals surface area contributed by atoms with Crippen molar-refractivity contribution in [1.82, 2.24) is 15.4 Å². The summed E-state index contributed by atoms with van der Waals surface area (Å²) in [6, 6.07) is 18.1. The molecule has 13 heteroatoms. The highest BCUT2D eigenvalue weighted by Gasteiger charge is 2.20. The van der Waals surface area contributed by atoms with Gasteiger partial charge in [-0.1, -0.05) is 42.1 Å². The molecule has 35 heavy (non-hydrogen) atoms. The number of carbonyl (C=O) groups is 1. The number of imidazole rings is 1. The quantitative estimate of drug-likeness (QED) is 0.114. The molecule has 0 aliphatic rings. The minimum atomic E-state index is -4.29. The Balaban J connectivity index is 1.34. The Morgan fingerprint density at radius 1 is 1.14 bits per heavy atom. The molecule has 0 unspecified atom stereocenters. The Kier molecular flexibility index (Phi) is 7.08. The second-order valence-electron chi connectivity index (χ2n) is 7.01. The molecule has 0 atom stereocenters. The van der Waals surface area contributed by atoms with Crippen LogP contribution in [0.3, 0.4) is 0 Å². The number of hydrazone groups is 1. The van der Waals surface area contributed by atoms with Gasteiger partial charge >= 0.3 is 10.1 Å². The van der Waals surface area contributed by atoms with Gasteiger partial charge in [0.25, 0.3) is 11.6 Å². The van der Waals surface area contributed by atoms with Crippen LogP contribution in [-0.4, -0.2) is 41.2 Å². The topological polar surface area (TPSA) is 157 Å². The van der Waals surface area contributed by atoms with Crippen LogP contribution in [0.5, 0.6) is 5.75 Å². The summed E-state index contributed by atoms with van der Waals surface area (Å²) in [7, 11) is -4.29. The van der Waals surface area contributed by atoms with Gasteiger partial charge in [-0.2, -0.15) is 13.5 Å². The first-order valence-electron chi connectivity index (χ1n) is 9.99. The predicted octanol–water partition coefficient (Wildman–Crippen LogP) is 3.48. The maximum atomic E-state index is 12.5. The SMILES string of the molecule is O=C(CSc1nc2ccccc2[nH]1)N/N=C\c1cccc(OS(=O)(=O)c2cccc([N+](=O)[O-])c2)c1. The van der Waals surface area contributed by atoms with Gasteiger partial charge in [-0.25, -0.2) is 10.4 Å². The number of fused-ring (bicyclic) bond motifs is 1. The monoisotopic (exact) mass is 511 g/mol. The van der Waals surface area contributed by atoms with Crippen molar-refractivity contribution < 1.29 is 22.3 Å². The molecule has 0 fully saturated rings. The van der Waals surface area contributed by atoms with Crippen LogP contribution in [0, 0.1) is 10.1 Å². The minimum absolute atomic E-state index is 0.0211. The molecular formula is C22H17N5O6S2. The number of para-hydroxylation sites is 2. The lowest BCUT2D eigenvalue weighted by Gasteiger charge is -2.07. The molecule has 0 aliphatic carbocycles. The summed E-state index contributed by atoms with van der Waals surface area (Å²) < 4.78 is 30.1. The number of non-ortho nitro benzene ring substituents is 1. The molecule has 178 valence electrons. The summed E-state index contributed by atoms with van der Waals surface area (Å²) >= 11 is 1.23. The van der Waals surface area contributed by atoms with Crippen LogP contribution in [0.4, 0.5) is 5.69 Å². The lowest BCUT2D eigenvalue weighted by molar-refractivity contribution is -0.385. The molecule has 1 heterocycles. The average Bonchev–Trinajstić information content (AvgIpc) is 3.26. The van der Waals surface area contributed by atoms with E-state index in [4.69, 9.17) is 4.18 Å². The second kappa shape index (κ2) is 10.4. The number of nitrogens with zero attached hydrogens (tertiary/aromatic N) is 3. The maximum absolute atomic E-state index is 12.5. The standard InChI is InChI=1S/C22H17N5O6S2/c28-21(14-34-22-24-19-9-1-2-10-20(19)25-22)26-23-13-15-5-3-7-17(11-15)33-35(31,32)18-8-4-6-16(12-18)27(29)30/h1-13H,14H2,(H,24,25)(H,26,28)/b23-13-. The lowest BCUT2D eigenvalue weighted by Crippen LogP contribution is -2.19. The van der Waals surface area contributed by atoms with E-state index in [9.17, 15) is 23.3 Å². The third-order valence-electron chi connectivity index (χ3n) is 4.49. The number of benzene rings is 3. The number of nitro benzene ring substituents is 1. The second-order valence-corrected chi connectivity index (χ2v) is 9.52. The smallest absolute Gasteiger partial charge is 0.339 e. The number of rotatable bonds is 9. The molecule has 3 aromatic carbocycles. The molecule has 1 amide bonds. The van der Waals surface area contributed by atoms with Crippen LogP contribution in [-0.2, 0) is 14.9 Å². The van der Waals surface area contributed by atoms with E-state index in [0.717, 1.165) is 17.1 Å². The van der Waals surface area contributed by atoms with Crippen molar-refractivity contribution in [1.29, 1.82) is 0 Å². The first kappa shape index (κ1) is 23.9. The van der Waals surface area contributed by atoms with Crippen LogP contribution in [0.2, 0.25) is 0 Å². The van der Waals surface area contributed by atoms with Gasteiger partial charge in [0.1, 0.15) is 10.6 Å². The van der Waals surface area contributed by atoms with Crippen LogP contribution < -0.4 is 9.61 Å². The van der Waals surface area contributed by atoms with Gasteiger partial charge in [0, 0.05) is 12.1 Å². The van der Waals surface area contributed by atoms with Crippen LogP contribution >= 0.6 is 11.8 Å². The molecule has 0 saturated heterocycles. The lowest BCUT2D eigenvalue weighted by atomic mass is 10.2. The fourth-order valence-electron chi connectivity index (χ4n) is 2.92. The van der Waals surface area contributed by atoms with Crippen molar-refractivity contribution in [3.05, 3.63) is 88.5 Å². The Morgan fingerprint density at radius 2 is 1.94 bits per heavy atom. The number of hydrogen-bond acceptors (Lipinski definition) is 9. The minimum Gasteiger partial charge on any atom is -0.379 e. The van der Waals surface area contributed by atoms with Gasteiger partial charge in [0.15, 0.2) is 5.16 Å². The van der Waals surface area contributed by atoms with Crippen molar-refractivity contribution in [2.45, 2.75) is 10.1 Å². The van der Waals surface area contributed by atoms with Gasteiger partial charge < -0.3 is 9.17 Å². The third-order valence-corrected chi connectivity index (χ3v) is 6.61. The van der Waals surface area contributed by atoms with Crippen molar-refractivity contribution in [2.24, 2.45) is 5.10 Å². The zero-order chi connectivity index (χ0) is 24.8. The van der Waals surface area contributed by atoms with E-state index >= 15 is 0 Å². The molecule has 4 rings (SSSR count). The highest BCUT2D eigenvalue weighted by atomic mass is 32.2. The summed E-state index contributed by atoms with van der Waals surface area (Å²) in [5.74, 6) is -0.290. The molecule has 0 aliphatic heterocycles. The van der Waals surface area contributed by atoms with Crippen LogP contribution in [0.1, 0.15) is 5.56 Å². The zero-order valence-electron chi connectivity index (χ0n) is 17.8. The zero-order valence-corrected chi connectivity index (χ0v) is 19.5. The number of hydrogen-bond donors (Lipinski definition) is 2. The normalized spacial score (nSPS) is 11.5. The van der Waals surface area contributed by atoms with Gasteiger partial charge in [-0.05, 0) is 35.9 Å². The molecule has 0 bridgehead atoms. The van der Waals surface area contributed by atoms with Crippen LogP contribution in [0.25, 0.3) is 11.0 Å². The fraction of sp³-hybridized carbons (Fsp3) is 0.0455. The van der Waals surface area contributed by atoms with Crippen LogP contribution in [0.15, 0.2) is 87.9 Å². The molecular weight excluding hydrogens is 494 g/mol. The summed E-state index contributed by atoms with van der Waals surface area (Å²) in [4.78, 5) is 29.4. The number of thioether (sulfide) groups is 1. The number of nitro groups is 1. The van der Waals surface area contributed by atoms with E-state index in [2.05, 4.69) is 20.5 Å². The highest BCUT2D eigenvalue weighted by Crippen LogP contribution is 2.23. The first-order chi connectivity index (χ1) is 16.8. The molecule has 11 nitrogen and oxygen atoms in total. The molecule has 0 spiro atoms. The van der Waals surface area contributed by atoms with Gasteiger partial charge in [0.05, 0.1) is 27.9 Å². The molecule has 0 radical (unpaired) electrons. The van der Waals surface area contributed by atoms with E-state index in [-0.39, 0.29) is 28.0 Å². The number of aromatic amines is 1. The molecule has 1 aromatic heterocycles. The Morgan fingerprint density at radius 3 is 2.74 bits per heavy atom. The highest BCUT2D eigenvalue weighted by molar-refractivity contribution is 7.99. The Bertz CT molecular complexity index is 1500. The van der Waals surface area contributed by atoms with E-state index in [1.165, 1.54) is 48.3 Å². The average molecular weight is 512 g/mol. The number of aromatic nitrogens is 2. The number of nitrogens with one attached hydrogen (secondary N) is 2. The fourth-order valence-corrected chi connectivity index (χ4v) is 4.56. The third kappa shape index (κ3) is 6.22. The number of H-pyrrole nitrogens is 1. The van der Waals surface area contributed by atoms with E-state index in [1.807, 2.05) is 24.3 Å². The van der Waals surface area contributed by atoms with Crippen molar-refractivity contribution in [3.63, 3.8) is 0 Å². The van der Waals surface area contributed by atoms with Gasteiger partial charge in [-0.15, -0.1) is 0 Å². The summed E-state index contributed by atoms with van der Waals surface area (Å²) in [5, 5.41) is 15.4. The Hall–Kier alpha value is -4.23. The van der Waals surface area contributed by atoms with Crippen molar-refractivity contribution in [3.8, 4) is 5.75 Å². The van der Waals surface area contributed by atoms with Crippen molar-refractivity contribution >= 4 is 50.7 Å². The number of amides is 1. The summed E-state index contributed by atoms with van der Waals surface area (Å²) in [6.07, 6.45) is 1.33. The largest absolute Gasteiger partial charge is 0.379 e. The van der Waals surface area contributed by atoms with Gasteiger partial charge in [0.2, 0.25) is 0 Å². The van der Waals surface area contributed by atoms with E-state index < -0.39 is 15.0 Å². The summed E-state index contributed by atoms with van der Waals surface area (Å²) in [5.41, 5.74) is 4.17. The van der Waals surface area contributed by atoms with E-state index in [0.29, 0.717) is 10.7 Å². The van der Waals surface area contributed by atoms with Crippen molar-refractivity contribution in [2.75, 3.05) is 5.75 Å². The summed E-state index contributed by atoms with van der Waals surface area (Å²) in [6.45, 7) is 0. The number of carbonyl (C=O) groups excluding carboxylic acids is 1. The molecule has 4 aromatic rings. The predicted molar refractivity (Wildman–Crippen MR) is 130 cm³/mol. The molecule has 2 N–H and O–H groups in total. The maximum Gasteiger partial charge on any atom is 0.339 e. The van der Waals surface area contributed by atoms with Gasteiger partial charge in [-0.3, -0.25) is 14.9 Å². The van der Waals surface area contributed by atoms with E-state index in [1.54, 1.807) is 12.1 Å². The molecule has 0 saturated carbocycles. The Labute approximate surface area is 203 Å². The first-order valence-corrected chi connectivity index (χ1v) is 12.4.